The van der Waals surface area contributed by atoms with Gasteiger partial charge in [0.15, 0.2) is 0 Å². The number of carbonyl (C=O) groups is 1. The molecule has 0 amide bonds. The molecule has 0 aliphatic heterocycles. The molecular formula is C15H32O3SiSn. The van der Waals surface area contributed by atoms with Gasteiger partial charge in [-0.25, -0.2) is 0 Å². The summed E-state index contributed by atoms with van der Waals surface area (Å²) in [6, 6.07) is 0. The fourth-order valence-electron chi connectivity index (χ4n) is 1.28. The van der Waals surface area contributed by atoms with Gasteiger partial charge in [0.1, 0.15) is 0 Å². The van der Waals surface area contributed by atoms with Crippen LogP contribution in [0.15, 0.2) is 9.67 Å². The molecule has 0 aliphatic rings. The van der Waals surface area contributed by atoms with Crippen LogP contribution in [0, 0.1) is 0 Å². The predicted octanol–water partition coefficient (Wildman–Crippen LogP) is 4.38. The molecule has 5 heteroatoms. The van der Waals surface area contributed by atoms with Crippen molar-refractivity contribution in [3.8, 4) is 0 Å². The van der Waals surface area contributed by atoms with Gasteiger partial charge in [0.25, 0.3) is 0 Å². The van der Waals surface area contributed by atoms with Crippen molar-refractivity contribution in [1.82, 2.24) is 0 Å². The second-order valence-electron chi connectivity index (χ2n) is 7.72. The van der Waals surface area contributed by atoms with Crippen LogP contribution in [0.1, 0.15) is 27.7 Å². The molecule has 0 N–H and O–H groups in total. The van der Waals surface area contributed by atoms with Crippen molar-refractivity contribution in [2.24, 2.45) is 0 Å². The second-order valence-corrected chi connectivity index (χ2v) is 27.2. The Morgan fingerprint density at radius 2 is 1.70 bits per heavy atom. The molecule has 0 bridgehead atoms. The SMILES string of the molecule is CCOC(=O)/C=[C](\CO[Si](C)(C)C(C)(C)C)[Sn]([CH3])([CH3])[CH3]. The van der Waals surface area contributed by atoms with E-state index in [2.05, 4.69) is 48.7 Å². The molecule has 118 valence electrons. The van der Waals surface area contributed by atoms with Crippen LogP contribution in [0.25, 0.3) is 0 Å². The van der Waals surface area contributed by atoms with Crippen molar-refractivity contribution < 1.29 is 14.0 Å². The zero-order chi connectivity index (χ0) is 16.2. The summed E-state index contributed by atoms with van der Waals surface area (Å²) >= 11 is -2.34. The molecule has 0 unspecified atom stereocenters. The molecule has 0 radical (unpaired) electrons. The average molecular weight is 407 g/mol. The molecule has 0 rings (SSSR count). The fourth-order valence-corrected chi connectivity index (χ4v) is 5.65. The average Bonchev–Trinajstić information content (AvgIpc) is 2.21. The van der Waals surface area contributed by atoms with Gasteiger partial charge >= 0.3 is 130 Å². The Hall–Kier alpha value is 0.186. The summed E-state index contributed by atoms with van der Waals surface area (Å²) in [6.45, 7) is 14.0. The molecule has 0 spiro atoms. The zero-order valence-electron chi connectivity index (χ0n) is 14.7. The molecular weight excluding hydrogens is 375 g/mol. The summed E-state index contributed by atoms with van der Waals surface area (Å²) in [4.78, 5) is 18.6. The van der Waals surface area contributed by atoms with Crippen molar-refractivity contribution in [3.05, 3.63) is 9.67 Å². The van der Waals surface area contributed by atoms with Gasteiger partial charge in [-0.05, 0) is 0 Å². The van der Waals surface area contributed by atoms with Gasteiger partial charge in [-0.2, -0.15) is 0 Å². The quantitative estimate of drug-likeness (QED) is 0.373. The summed E-state index contributed by atoms with van der Waals surface area (Å²) in [5, 5.41) is 0.190. The summed E-state index contributed by atoms with van der Waals surface area (Å²) in [5.41, 5.74) is 0. The molecule has 0 aromatic carbocycles. The molecule has 0 saturated carbocycles. The molecule has 20 heavy (non-hydrogen) atoms. The van der Waals surface area contributed by atoms with Gasteiger partial charge in [-0.15, -0.1) is 0 Å². The number of hydrogen-bond acceptors (Lipinski definition) is 3. The number of carbonyl (C=O) groups excluding carboxylic acids is 1. The van der Waals surface area contributed by atoms with Crippen molar-refractivity contribution in [3.63, 3.8) is 0 Å². The first kappa shape index (κ1) is 20.2. The van der Waals surface area contributed by atoms with Gasteiger partial charge in [-0.1, -0.05) is 0 Å². The first-order valence-corrected chi connectivity index (χ1v) is 20.2. The Bertz CT molecular complexity index is 362. The van der Waals surface area contributed by atoms with E-state index in [1.165, 1.54) is 3.59 Å². The van der Waals surface area contributed by atoms with E-state index >= 15 is 0 Å². The van der Waals surface area contributed by atoms with Crippen LogP contribution in [-0.2, 0) is 14.0 Å². The molecule has 0 aromatic rings. The Morgan fingerprint density at radius 3 is 2.05 bits per heavy atom. The summed E-state index contributed by atoms with van der Waals surface area (Å²) in [6.07, 6.45) is 1.69. The first-order chi connectivity index (χ1) is 8.81. The van der Waals surface area contributed by atoms with E-state index in [0.29, 0.717) is 13.2 Å². The Kier molecular flexibility index (Phi) is 7.52. The molecule has 0 saturated heterocycles. The van der Waals surface area contributed by atoms with Gasteiger partial charge in [0.2, 0.25) is 0 Å². The molecule has 0 aliphatic carbocycles. The van der Waals surface area contributed by atoms with Crippen LogP contribution in [0.4, 0.5) is 0 Å². The maximum absolute atomic E-state index is 11.7. The summed E-state index contributed by atoms with van der Waals surface area (Å²) < 4.78 is 12.5. The van der Waals surface area contributed by atoms with E-state index in [4.69, 9.17) is 9.16 Å². The van der Waals surface area contributed by atoms with Crippen LogP contribution < -0.4 is 0 Å². The zero-order valence-corrected chi connectivity index (χ0v) is 18.6. The van der Waals surface area contributed by atoms with E-state index in [-0.39, 0.29) is 11.0 Å². The van der Waals surface area contributed by atoms with Gasteiger partial charge in [0, 0.05) is 0 Å². The fraction of sp³-hybridized carbons (Fsp3) is 0.800. The van der Waals surface area contributed by atoms with Gasteiger partial charge in [-0.3, -0.25) is 0 Å². The standard InChI is InChI=1S/C12H23O3Si.3CH3.Sn/c1-7-14-11(13)9-8-10-15-16(5,6)12(2,3)4;;;;/h9H,7,10H2,1-6H3;3*1H3;. The van der Waals surface area contributed by atoms with Crippen LogP contribution in [0.3, 0.4) is 0 Å². The topological polar surface area (TPSA) is 35.5 Å². The van der Waals surface area contributed by atoms with Crippen molar-refractivity contribution in [2.45, 2.75) is 60.6 Å². The van der Waals surface area contributed by atoms with E-state index in [1.54, 1.807) is 6.08 Å². The number of rotatable bonds is 6. The van der Waals surface area contributed by atoms with E-state index < -0.39 is 26.7 Å². The van der Waals surface area contributed by atoms with Crippen LogP contribution in [0.5, 0.6) is 0 Å². The summed E-state index contributed by atoms with van der Waals surface area (Å²) in [5.74, 6) is -0.229. The minimum absolute atomic E-state index is 0.190. The Morgan fingerprint density at radius 1 is 1.20 bits per heavy atom. The molecule has 3 nitrogen and oxygen atoms in total. The molecule has 0 fully saturated rings. The normalized spacial score (nSPS) is 14.3. The minimum atomic E-state index is -2.34. The molecule has 0 atom stereocenters. The third-order valence-corrected chi connectivity index (χ3v) is 14.7. The van der Waals surface area contributed by atoms with E-state index in [9.17, 15) is 4.79 Å². The van der Waals surface area contributed by atoms with Crippen LogP contribution >= 0.6 is 0 Å². The van der Waals surface area contributed by atoms with Crippen molar-refractivity contribution >= 4 is 32.7 Å². The van der Waals surface area contributed by atoms with Gasteiger partial charge in [0.05, 0.1) is 0 Å². The van der Waals surface area contributed by atoms with Crippen molar-refractivity contribution in [1.29, 1.82) is 0 Å². The number of hydrogen-bond donors (Lipinski definition) is 0. The third-order valence-electron chi connectivity index (χ3n) is 3.94. The van der Waals surface area contributed by atoms with Crippen LogP contribution in [-0.4, -0.2) is 45.9 Å². The first-order valence-electron chi connectivity index (χ1n) is 7.33. The number of esters is 1. The van der Waals surface area contributed by atoms with E-state index in [1.807, 2.05) is 6.92 Å². The molecule has 0 aromatic heterocycles. The molecule has 0 heterocycles. The predicted molar refractivity (Wildman–Crippen MR) is 91.2 cm³/mol. The Labute approximate surface area is 130 Å². The Balaban J connectivity index is 5.01. The monoisotopic (exact) mass is 408 g/mol. The second kappa shape index (κ2) is 7.45. The van der Waals surface area contributed by atoms with Gasteiger partial charge < -0.3 is 0 Å². The summed E-state index contributed by atoms with van der Waals surface area (Å²) in [7, 11) is -1.78. The third kappa shape index (κ3) is 6.76. The van der Waals surface area contributed by atoms with Crippen molar-refractivity contribution in [2.75, 3.05) is 13.2 Å². The maximum atomic E-state index is 11.7. The van der Waals surface area contributed by atoms with E-state index in [0.717, 1.165) is 0 Å². The number of ether oxygens (including phenoxy) is 1. The van der Waals surface area contributed by atoms with Crippen LogP contribution in [0.2, 0.25) is 33.0 Å².